The van der Waals surface area contributed by atoms with Crippen molar-refractivity contribution in [3.05, 3.63) is 11.8 Å². The largest absolute Gasteiger partial charge is 0.466 e. The van der Waals surface area contributed by atoms with Crippen LogP contribution in [0.2, 0.25) is 0 Å². The van der Waals surface area contributed by atoms with Crippen LogP contribution < -0.4 is 33.8 Å². The van der Waals surface area contributed by atoms with Gasteiger partial charge >= 0.3 is 0 Å². The smallest absolute Gasteiger partial charge is 0.215 e. The van der Waals surface area contributed by atoms with Crippen molar-refractivity contribution in [2.45, 2.75) is 86.5 Å². The Morgan fingerprint density at radius 1 is 1.09 bits per heavy atom. The van der Waals surface area contributed by atoms with Gasteiger partial charge in [-0.3, -0.25) is 11.3 Å². The molecule has 0 amide bonds. The van der Waals surface area contributed by atoms with E-state index in [0.717, 1.165) is 0 Å². The maximum Gasteiger partial charge on any atom is 0.215 e. The molecule has 0 aromatic heterocycles. The van der Waals surface area contributed by atoms with E-state index in [-0.39, 0.29) is 13.0 Å². The van der Waals surface area contributed by atoms with Crippen LogP contribution in [0.4, 0.5) is 0 Å². The molecule has 1 aliphatic carbocycles. The average molecular weight is 463 g/mol. The van der Waals surface area contributed by atoms with Crippen LogP contribution in [0.25, 0.3) is 0 Å². The van der Waals surface area contributed by atoms with E-state index in [9.17, 15) is 15.3 Å². The zero-order valence-electron chi connectivity index (χ0n) is 18.5. The molecule has 0 radical (unpaired) electrons. The molecule has 11 atom stereocenters. The summed E-state index contributed by atoms with van der Waals surface area (Å²) < 4.78 is 23.2. The number of aliphatic hydroxyl groups is 3. The normalized spacial score (nSPS) is 47.6. The summed E-state index contributed by atoms with van der Waals surface area (Å²) in [4.78, 5) is 0. The van der Waals surface area contributed by atoms with Gasteiger partial charge in [-0.05, 0) is 32.9 Å². The van der Waals surface area contributed by atoms with E-state index in [1.807, 2.05) is 6.08 Å². The van der Waals surface area contributed by atoms with Crippen LogP contribution in [-0.2, 0) is 18.9 Å². The van der Waals surface area contributed by atoms with Gasteiger partial charge in [-0.15, -0.1) is 0 Å². The topological polar surface area (TPSA) is 226 Å². The molecule has 13 heteroatoms. The van der Waals surface area contributed by atoms with E-state index in [1.165, 1.54) is 0 Å². The Kier molecular flexibility index (Phi) is 8.46. The standard InChI is InChI=1S/C19H38N6O7/c1-19(28)7-29-18(13(27)16(19)24-2)32-15-11(22)5-10(21)14(12(15)26)31-17-9(20)4-3-8(30-17)6-25-23/h3,9-18,24-28H,4-7,20-23H2,1-2H3/t9-,10+,11-,12+,13-,14-,15+,16-,17-,18-,19+/m1/s1. The molecule has 1 saturated carbocycles. The van der Waals surface area contributed by atoms with Crippen LogP contribution in [0.3, 0.4) is 0 Å². The maximum absolute atomic E-state index is 11.0. The van der Waals surface area contributed by atoms with Gasteiger partial charge in [0.15, 0.2) is 6.29 Å². The lowest BCUT2D eigenvalue weighted by molar-refractivity contribution is -0.303. The van der Waals surface area contributed by atoms with E-state index < -0.39 is 66.8 Å². The summed E-state index contributed by atoms with van der Waals surface area (Å²) in [6.07, 6.45) is -3.62. The van der Waals surface area contributed by atoms with Crippen molar-refractivity contribution in [2.24, 2.45) is 23.0 Å². The van der Waals surface area contributed by atoms with Gasteiger partial charge in [0.25, 0.3) is 0 Å². The van der Waals surface area contributed by atoms with Crippen molar-refractivity contribution in [1.29, 1.82) is 0 Å². The third-order valence-corrected chi connectivity index (χ3v) is 6.30. The molecule has 32 heavy (non-hydrogen) atoms. The van der Waals surface area contributed by atoms with Gasteiger partial charge in [-0.1, -0.05) is 0 Å². The van der Waals surface area contributed by atoms with Crippen molar-refractivity contribution in [3.8, 4) is 0 Å². The lowest BCUT2D eigenvalue weighted by atomic mass is 9.84. The van der Waals surface area contributed by atoms with E-state index >= 15 is 0 Å². The molecule has 2 fully saturated rings. The average Bonchev–Trinajstić information content (AvgIpc) is 2.72. The summed E-state index contributed by atoms with van der Waals surface area (Å²) in [5, 5.41) is 35.0. The first-order valence-corrected chi connectivity index (χ1v) is 10.8. The fraction of sp³-hybridized carbons (Fsp3) is 0.895. The molecule has 0 aromatic carbocycles. The molecule has 0 unspecified atom stereocenters. The lowest BCUT2D eigenvalue weighted by Gasteiger charge is -2.48. The molecule has 2 heterocycles. The molecule has 0 spiro atoms. The molecule has 3 rings (SSSR count). The maximum atomic E-state index is 11.0. The molecule has 0 aromatic rings. The van der Waals surface area contributed by atoms with E-state index in [2.05, 4.69) is 10.7 Å². The highest BCUT2D eigenvalue weighted by atomic mass is 16.7. The minimum Gasteiger partial charge on any atom is -0.466 e. The number of nitrogens with two attached hydrogens (primary N) is 4. The first-order valence-electron chi connectivity index (χ1n) is 10.8. The van der Waals surface area contributed by atoms with Gasteiger partial charge in [-0.25, -0.2) is 0 Å². The van der Waals surface area contributed by atoms with Gasteiger partial charge in [0.1, 0.15) is 35.8 Å². The summed E-state index contributed by atoms with van der Waals surface area (Å²) in [5.74, 6) is 5.93. The SMILES string of the molecule is CN[C@@H]1[C@@H](O)[C@@H](O[C@@H]2[C@@H](O)[C@H](O[C@H]3OC(CNN)=CC[C@H]3N)[C@@H](N)C[C@H]2N)OC[C@]1(C)O. The minimum absolute atomic E-state index is 0.0766. The summed E-state index contributed by atoms with van der Waals surface area (Å²) in [5.41, 5.74) is 19.8. The highest BCUT2D eigenvalue weighted by Gasteiger charge is 2.50. The summed E-state index contributed by atoms with van der Waals surface area (Å²) in [6.45, 7) is 1.77. The van der Waals surface area contributed by atoms with E-state index in [0.29, 0.717) is 18.7 Å². The number of hydrogen-bond donors (Lipinski definition) is 9. The zero-order chi connectivity index (χ0) is 23.6. The molecule has 0 bridgehead atoms. The zero-order valence-corrected chi connectivity index (χ0v) is 18.5. The number of hydrogen-bond acceptors (Lipinski definition) is 13. The predicted molar refractivity (Wildman–Crippen MR) is 113 cm³/mol. The van der Waals surface area contributed by atoms with Gasteiger partial charge in [-0.2, -0.15) is 0 Å². The first kappa shape index (κ1) is 25.7. The first-order chi connectivity index (χ1) is 15.1. The third-order valence-electron chi connectivity index (χ3n) is 6.30. The van der Waals surface area contributed by atoms with Crippen LogP contribution >= 0.6 is 0 Å². The van der Waals surface area contributed by atoms with Crippen molar-refractivity contribution < 1.29 is 34.3 Å². The summed E-state index contributed by atoms with van der Waals surface area (Å²) >= 11 is 0. The number of rotatable bonds is 7. The second-order valence-corrected chi connectivity index (χ2v) is 8.99. The number of aliphatic hydroxyl groups excluding tert-OH is 2. The number of likely N-dealkylation sites (N-methyl/N-ethyl adjacent to an activating group) is 1. The molecule has 13 nitrogen and oxygen atoms in total. The molecular formula is C19H38N6O7. The van der Waals surface area contributed by atoms with Crippen LogP contribution in [0.1, 0.15) is 19.8 Å². The number of ether oxygens (including phenoxy) is 4. The van der Waals surface area contributed by atoms with Gasteiger partial charge in [0, 0.05) is 12.1 Å². The summed E-state index contributed by atoms with van der Waals surface area (Å²) in [7, 11) is 1.62. The predicted octanol–water partition coefficient (Wildman–Crippen LogP) is -4.35. The van der Waals surface area contributed by atoms with Crippen molar-refractivity contribution in [2.75, 3.05) is 20.2 Å². The van der Waals surface area contributed by atoms with E-state index in [4.69, 9.17) is 42.0 Å². The highest BCUT2D eigenvalue weighted by molar-refractivity contribution is 5.04. The van der Waals surface area contributed by atoms with Crippen LogP contribution in [0, 0.1) is 0 Å². The monoisotopic (exact) mass is 462 g/mol. The van der Waals surface area contributed by atoms with Crippen molar-refractivity contribution in [3.63, 3.8) is 0 Å². The molecule has 2 aliphatic heterocycles. The highest BCUT2D eigenvalue weighted by Crippen LogP contribution is 2.31. The van der Waals surface area contributed by atoms with Crippen molar-refractivity contribution >= 4 is 0 Å². The van der Waals surface area contributed by atoms with Crippen LogP contribution in [-0.4, -0.2) is 102 Å². The molecule has 13 N–H and O–H groups in total. The third kappa shape index (κ3) is 5.41. The van der Waals surface area contributed by atoms with Crippen molar-refractivity contribution in [1.82, 2.24) is 10.7 Å². The Morgan fingerprint density at radius 3 is 2.31 bits per heavy atom. The van der Waals surface area contributed by atoms with Gasteiger partial charge in [0.2, 0.25) is 6.29 Å². The molecular weight excluding hydrogens is 424 g/mol. The second kappa shape index (κ2) is 10.5. The summed E-state index contributed by atoms with van der Waals surface area (Å²) in [6, 6.07) is -2.40. The van der Waals surface area contributed by atoms with E-state index in [1.54, 1.807) is 14.0 Å². The quantitative estimate of drug-likeness (QED) is 0.129. The van der Waals surface area contributed by atoms with Crippen LogP contribution in [0.15, 0.2) is 11.8 Å². The Balaban J connectivity index is 1.68. The van der Waals surface area contributed by atoms with Gasteiger partial charge in [0.05, 0.1) is 25.2 Å². The Morgan fingerprint density at radius 2 is 1.72 bits per heavy atom. The fourth-order valence-corrected chi connectivity index (χ4v) is 4.52. The Hall–Kier alpha value is -0.940. The molecule has 3 aliphatic rings. The molecule has 1 saturated heterocycles. The number of hydrazine groups is 1. The Bertz CT molecular complexity index is 656. The van der Waals surface area contributed by atoms with Crippen LogP contribution in [0.5, 0.6) is 0 Å². The fourth-order valence-electron chi connectivity index (χ4n) is 4.52. The number of nitrogens with one attached hydrogen (secondary N) is 2. The minimum atomic E-state index is -1.30. The second-order valence-electron chi connectivity index (χ2n) is 8.99. The molecule has 186 valence electrons. The van der Waals surface area contributed by atoms with Gasteiger partial charge < -0.3 is 56.8 Å². The Labute approximate surface area is 187 Å². The lowest BCUT2D eigenvalue weighted by Crippen LogP contribution is -2.68.